The van der Waals surface area contributed by atoms with Crippen LogP contribution >= 0.6 is 0 Å². The van der Waals surface area contributed by atoms with Crippen molar-refractivity contribution in [2.24, 2.45) is 0 Å². The molecule has 0 radical (unpaired) electrons. The fourth-order valence-corrected chi connectivity index (χ4v) is 2.72. The normalized spacial score (nSPS) is 18.2. The highest BCUT2D eigenvalue weighted by Crippen LogP contribution is 2.25. The zero-order valence-corrected chi connectivity index (χ0v) is 11.4. The molecule has 0 amide bonds. The summed E-state index contributed by atoms with van der Waals surface area (Å²) in [6.07, 6.45) is 2.07. The Morgan fingerprint density at radius 2 is 2.19 bits per heavy atom. The van der Waals surface area contributed by atoms with E-state index in [-0.39, 0.29) is 5.82 Å². The van der Waals surface area contributed by atoms with Crippen LogP contribution in [-0.4, -0.2) is 27.0 Å². The molecule has 4 nitrogen and oxygen atoms in total. The van der Waals surface area contributed by atoms with E-state index in [2.05, 4.69) is 4.98 Å². The van der Waals surface area contributed by atoms with Crippen LogP contribution in [0.25, 0.3) is 0 Å². The molecule has 0 bridgehead atoms. The van der Waals surface area contributed by atoms with Gasteiger partial charge < -0.3 is 5.11 Å². The van der Waals surface area contributed by atoms with Crippen LogP contribution in [0.5, 0.6) is 0 Å². The van der Waals surface area contributed by atoms with E-state index >= 15 is 0 Å². The number of rotatable bonds is 3. The Labute approximate surface area is 121 Å². The third-order valence-electron chi connectivity index (χ3n) is 3.77. The van der Waals surface area contributed by atoms with E-state index in [1.807, 2.05) is 23.1 Å². The first-order valence-electron chi connectivity index (χ1n) is 6.77. The molecule has 3 rings (SSSR count). The van der Waals surface area contributed by atoms with Crippen molar-refractivity contribution in [1.82, 2.24) is 9.88 Å². The molecule has 1 aliphatic heterocycles. The van der Waals surface area contributed by atoms with Gasteiger partial charge in [0.05, 0.1) is 5.69 Å². The largest absolute Gasteiger partial charge is 0.480 e. The monoisotopic (exact) mass is 286 g/mol. The number of carbonyl (C=O) groups is 1. The summed E-state index contributed by atoms with van der Waals surface area (Å²) in [7, 11) is 0. The number of hydrogen-bond donors (Lipinski definition) is 1. The fourth-order valence-electron chi connectivity index (χ4n) is 2.72. The predicted molar refractivity (Wildman–Crippen MR) is 75.0 cm³/mol. The minimum absolute atomic E-state index is 0.291. The topological polar surface area (TPSA) is 53.4 Å². The van der Waals surface area contributed by atoms with Gasteiger partial charge in [-0.3, -0.25) is 14.7 Å². The van der Waals surface area contributed by atoms with Gasteiger partial charge in [-0.2, -0.15) is 0 Å². The second-order valence-corrected chi connectivity index (χ2v) is 5.20. The van der Waals surface area contributed by atoms with Gasteiger partial charge in [0.2, 0.25) is 0 Å². The van der Waals surface area contributed by atoms with Gasteiger partial charge in [-0.15, -0.1) is 0 Å². The van der Waals surface area contributed by atoms with E-state index in [0.29, 0.717) is 19.5 Å². The van der Waals surface area contributed by atoms with Gasteiger partial charge in [-0.25, -0.2) is 4.39 Å². The minimum atomic E-state index is -0.860. The van der Waals surface area contributed by atoms with E-state index in [1.165, 1.54) is 12.1 Å². The predicted octanol–water partition coefficient (Wildman–Crippen LogP) is 2.23. The third kappa shape index (κ3) is 2.92. The number of carboxylic acid groups (broad SMARTS) is 1. The summed E-state index contributed by atoms with van der Waals surface area (Å²) in [4.78, 5) is 17.6. The zero-order valence-electron chi connectivity index (χ0n) is 11.4. The van der Waals surface area contributed by atoms with Crippen molar-refractivity contribution < 1.29 is 14.3 Å². The molecular formula is C16H15FN2O2. The van der Waals surface area contributed by atoms with Crippen molar-refractivity contribution in [2.45, 2.75) is 25.6 Å². The molecule has 108 valence electrons. The average molecular weight is 286 g/mol. The minimum Gasteiger partial charge on any atom is -0.480 e. The second-order valence-electron chi connectivity index (χ2n) is 5.20. The smallest absolute Gasteiger partial charge is 0.321 e. The first-order chi connectivity index (χ1) is 10.1. The van der Waals surface area contributed by atoms with Crippen LogP contribution in [0.15, 0.2) is 42.6 Å². The summed E-state index contributed by atoms with van der Waals surface area (Å²) in [6, 6.07) is 9.49. The van der Waals surface area contributed by atoms with Crippen LogP contribution in [-0.2, 0) is 24.3 Å². The van der Waals surface area contributed by atoms with Crippen LogP contribution in [0.3, 0.4) is 0 Å². The number of fused-ring (bicyclic) bond motifs is 1. The molecule has 0 saturated heterocycles. The highest BCUT2D eigenvalue weighted by Gasteiger charge is 2.31. The summed E-state index contributed by atoms with van der Waals surface area (Å²) in [5, 5.41) is 9.43. The van der Waals surface area contributed by atoms with Gasteiger partial charge in [0, 0.05) is 19.3 Å². The van der Waals surface area contributed by atoms with Crippen molar-refractivity contribution in [2.75, 3.05) is 0 Å². The van der Waals surface area contributed by atoms with Gasteiger partial charge in [0.15, 0.2) is 0 Å². The van der Waals surface area contributed by atoms with Crippen molar-refractivity contribution >= 4 is 5.97 Å². The van der Waals surface area contributed by atoms with Gasteiger partial charge in [-0.05, 0) is 41.8 Å². The second kappa shape index (κ2) is 5.61. The maximum atomic E-state index is 13.4. The summed E-state index contributed by atoms with van der Waals surface area (Å²) in [5.74, 6) is -1.15. The molecule has 1 atom stereocenters. The number of benzene rings is 1. The lowest BCUT2D eigenvalue weighted by molar-refractivity contribution is -0.144. The summed E-state index contributed by atoms with van der Waals surface area (Å²) in [5.41, 5.74) is 2.56. The molecule has 21 heavy (non-hydrogen) atoms. The Bertz CT molecular complexity index is 661. The molecule has 5 heteroatoms. The number of halogens is 1. The van der Waals surface area contributed by atoms with Gasteiger partial charge in [0.1, 0.15) is 11.9 Å². The molecule has 0 saturated carbocycles. The van der Waals surface area contributed by atoms with E-state index < -0.39 is 12.0 Å². The molecule has 1 N–H and O–H groups in total. The number of hydrogen-bond acceptors (Lipinski definition) is 3. The Morgan fingerprint density at radius 3 is 2.90 bits per heavy atom. The molecule has 0 fully saturated rings. The molecule has 1 aliphatic rings. The Balaban J connectivity index is 1.89. The molecule has 0 aliphatic carbocycles. The number of aromatic nitrogens is 1. The van der Waals surface area contributed by atoms with Gasteiger partial charge in [-0.1, -0.05) is 12.1 Å². The lowest BCUT2D eigenvalue weighted by Gasteiger charge is -2.34. The maximum absolute atomic E-state index is 13.4. The van der Waals surface area contributed by atoms with Crippen LogP contribution in [0.1, 0.15) is 16.8 Å². The Morgan fingerprint density at radius 1 is 1.33 bits per heavy atom. The summed E-state index contributed by atoms with van der Waals surface area (Å²) >= 11 is 0. The summed E-state index contributed by atoms with van der Waals surface area (Å²) < 4.78 is 13.4. The van der Waals surface area contributed by atoms with Gasteiger partial charge in [0.25, 0.3) is 0 Å². The van der Waals surface area contributed by atoms with Crippen LogP contribution < -0.4 is 0 Å². The molecule has 1 aromatic heterocycles. The zero-order chi connectivity index (χ0) is 14.8. The fraction of sp³-hybridized carbons (Fsp3) is 0.250. The van der Waals surface area contributed by atoms with Crippen LogP contribution in [0, 0.1) is 5.82 Å². The Kier molecular flexibility index (Phi) is 3.66. The Hall–Kier alpha value is -2.27. The molecule has 2 aromatic rings. The SMILES string of the molecule is O=C(O)C1Cc2ccc(F)cc2CN1Cc1ccccn1. The first kappa shape index (κ1) is 13.7. The average Bonchev–Trinajstić information content (AvgIpc) is 2.47. The third-order valence-corrected chi connectivity index (χ3v) is 3.77. The molecule has 1 unspecified atom stereocenters. The lowest BCUT2D eigenvalue weighted by Crippen LogP contribution is -2.45. The highest BCUT2D eigenvalue weighted by atomic mass is 19.1. The van der Waals surface area contributed by atoms with E-state index in [4.69, 9.17) is 0 Å². The number of pyridine rings is 1. The molecular weight excluding hydrogens is 271 g/mol. The molecule has 1 aromatic carbocycles. The van der Waals surface area contributed by atoms with Crippen molar-refractivity contribution in [3.63, 3.8) is 0 Å². The van der Waals surface area contributed by atoms with E-state index in [1.54, 1.807) is 12.3 Å². The lowest BCUT2D eigenvalue weighted by atomic mass is 9.93. The van der Waals surface area contributed by atoms with E-state index in [9.17, 15) is 14.3 Å². The van der Waals surface area contributed by atoms with Crippen molar-refractivity contribution in [3.05, 3.63) is 65.2 Å². The van der Waals surface area contributed by atoms with Crippen molar-refractivity contribution in [3.8, 4) is 0 Å². The molecule has 0 spiro atoms. The standard InChI is InChI=1S/C16H15FN2O2/c17-13-5-4-11-8-15(16(20)21)19(9-12(11)7-13)10-14-3-1-2-6-18-14/h1-7,15H,8-10H2,(H,20,21). The van der Waals surface area contributed by atoms with Crippen LogP contribution in [0.2, 0.25) is 0 Å². The number of aliphatic carboxylic acids is 1. The van der Waals surface area contributed by atoms with Gasteiger partial charge >= 0.3 is 5.97 Å². The van der Waals surface area contributed by atoms with Crippen molar-refractivity contribution in [1.29, 1.82) is 0 Å². The number of carboxylic acids is 1. The highest BCUT2D eigenvalue weighted by molar-refractivity contribution is 5.74. The van der Waals surface area contributed by atoms with E-state index in [0.717, 1.165) is 16.8 Å². The molecule has 2 heterocycles. The first-order valence-corrected chi connectivity index (χ1v) is 6.77. The number of nitrogens with zero attached hydrogens (tertiary/aromatic N) is 2. The quantitative estimate of drug-likeness (QED) is 0.940. The maximum Gasteiger partial charge on any atom is 0.321 e. The van der Waals surface area contributed by atoms with Crippen LogP contribution in [0.4, 0.5) is 4.39 Å². The summed E-state index contributed by atoms with van der Waals surface area (Å²) in [6.45, 7) is 0.856.